The third kappa shape index (κ3) is 3.67. The minimum absolute atomic E-state index is 0.111. The van der Waals surface area contributed by atoms with Gasteiger partial charge in [-0.1, -0.05) is 48.5 Å². The summed E-state index contributed by atoms with van der Waals surface area (Å²) in [6.45, 7) is 4.79. The number of fused-ring (bicyclic) bond motifs is 1. The normalized spacial score (nSPS) is 16.1. The van der Waals surface area contributed by atoms with E-state index in [9.17, 15) is 4.79 Å². The Balaban J connectivity index is 1.42. The van der Waals surface area contributed by atoms with Crippen molar-refractivity contribution >= 4 is 22.8 Å². The van der Waals surface area contributed by atoms with Crippen molar-refractivity contribution in [3.8, 4) is 11.1 Å². The number of nitrogens with zero attached hydrogens (tertiary/aromatic N) is 2. The molecule has 31 heavy (non-hydrogen) atoms. The highest BCUT2D eigenvalue weighted by Gasteiger charge is 2.33. The third-order valence-corrected chi connectivity index (χ3v) is 6.05. The van der Waals surface area contributed by atoms with Crippen LogP contribution in [0.25, 0.3) is 22.2 Å². The highest BCUT2D eigenvalue weighted by Crippen LogP contribution is 2.35. The molecule has 1 fully saturated rings. The number of nitrogens with one attached hydrogen (secondary N) is 1. The Morgan fingerprint density at radius 2 is 1.81 bits per heavy atom. The van der Waals surface area contributed by atoms with E-state index in [-0.39, 0.29) is 12.1 Å². The van der Waals surface area contributed by atoms with Crippen LogP contribution in [0.15, 0.2) is 71.1 Å². The molecule has 1 atom stereocenters. The van der Waals surface area contributed by atoms with Crippen LogP contribution in [-0.2, 0) is 0 Å². The number of hydrogen-bond acceptors (Lipinski definition) is 3. The fraction of sp³-hybridized carbons (Fsp3) is 0.231. The number of anilines is 1. The Hall–Kier alpha value is -3.60. The van der Waals surface area contributed by atoms with Gasteiger partial charge in [0.05, 0.1) is 0 Å². The summed E-state index contributed by atoms with van der Waals surface area (Å²) >= 11 is 0. The van der Waals surface area contributed by atoms with Gasteiger partial charge in [-0.3, -0.25) is 0 Å². The fourth-order valence-corrected chi connectivity index (χ4v) is 4.32. The minimum Gasteiger partial charge on any atom is -0.438 e. The molecule has 1 aliphatic heterocycles. The minimum atomic E-state index is -0.154. The van der Waals surface area contributed by atoms with Crippen LogP contribution in [0.2, 0.25) is 0 Å². The number of aromatic nitrogens is 1. The molecule has 0 aliphatic carbocycles. The molecule has 1 saturated heterocycles. The number of urea groups is 1. The van der Waals surface area contributed by atoms with Crippen molar-refractivity contribution in [2.24, 2.45) is 0 Å². The van der Waals surface area contributed by atoms with Crippen LogP contribution in [-0.4, -0.2) is 22.5 Å². The van der Waals surface area contributed by atoms with Crippen LogP contribution in [0.3, 0.4) is 0 Å². The molecule has 156 valence electrons. The summed E-state index contributed by atoms with van der Waals surface area (Å²) in [6.07, 6.45) is 1.78. The van der Waals surface area contributed by atoms with E-state index < -0.39 is 0 Å². The highest BCUT2D eigenvalue weighted by molar-refractivity contribution is 5.90. The summed E-state index contributed by atoms with van der Waals surface area (Å²) in [5.41, 5.74) is 6.97. The summed E-state index contributed by atoms with van der Waals surface area (Å²) in [4.78, 5) is 19.6. The molecule has 0 saturated carbocycles. The van der Waals surface area contributed by atoms with Crippen molar-refractivity contribution in [2.45, 2.75) is 32.7 Å². The molecule has 3 aromatic carbocycles. The summed E-state index contributed by atoms with van der Waals surface area (Å²) in [7, 11) is 0. The number of aryl methyl sites for hydroxylation is 2. The van der Waals surface area contributed by atoms with Crippen LogP contribution in [0.1, 0.15) is 35.9 Å². The number of carbonyl (C=O) groups excluding carboxylic acids is 1. The van der Waals surface area contributed by atoms with Gasteiger partial charge < -0.3 is 14.6 Å². The molecule has 1 aliphatic rings. The first kappa shape index (κ1) is 19.4. The number of hydrogen-bond donors (Lipinski definition) is 1. The molecule has 5 heteroatoms. The molecule has 5 rings (SSSR count). The van der Waals surface area contributed by atoms with E-state index in [4.69, 9.17) is 9.40 Å². The van der Waals surface area contributed by atoms with Gasteiger partial charge in [0, 0.05) is 12.2 Å². The van der Waals surface area contributed by atoms with E-state index in [1.165, 1.54) is 11.1 Å². The Morgan fingerprint density at radius 1 is 1.03 bits per heavy atom. The van der Waals surface area contributed by atoms with Gasteiger partial charge in [0.15, 0.2) is 5.58 Å². The standard InChI is InChI=1S/C26H25N3O2/c1-17-8-3-5-10-20(17)19-13-14-24-22(16-19)27-25(31-24)23-12-7-15-29(23)26(30)28-21-11-6-4-9-18(21)2/h3-6,8-11,13-14,16,23H,7,12,15H2,1-2H3,(H,28,30)/t23-/m1/s1. The SMILES string of the molecule is Cc1ccccc1NC(=O)N1CCC[C@@H]1c1nc2cc(-c3ccccc3C)ccc2o1. The molecule has 0 spiro atoms. The van der Waals surface area contributed by atoms with E-state index in [0.29, 0.717) is 12.4 Å². The maximum Gasteiger partial charge on any atom is 0.322 e. The second-order valence-corrected chi connectivity index (χ2v) is 8.15. The van der Waals surface area contributed by atoms with Crippen LogP contribution in [0, 0.1) is 13.8 Å². The number of likely N-dealkylation sites (tertiary alicyclic amines) is 1. The zero-order valence-corrected chi connectivity index (χ0v) is 17.8. The van der Waals surface area contributed by atoms with E-state index in [0.717, 1.165) is 40.8 Å². The number of rotatable bonds is 3. The Labute approximate surface area is 181 Å². The zero-order valence-electron chi connectivity index (χ0n) is 17.8. The van der Waals surface area contributed by atoms with Crippen LogP contribution in [0.4, 0.5) is 10.5 Å². The third-order valence-electron chi connectivity index (χ3n) is 6.05. The molecular weight excluding hydrogens is 386 g/mol. The molecule has 1 aromatic heterocycles. The molecule has 0 radical (unpaired) electrons. The topological polar surface area (TPSA) is 58.4 Å². The van der Waals surface area contributed by atoms with Crippen molar-refractivity contribution in [1.29, 1.82) is 0 Å². The number of carbonyl (C=O) groups is 1. The van der Waals surface area contributed by atoms with Crippen LogP contribution in [0.5, 0.6) is 0 Å². The predicted molar refractivity (Wildman–Crippen MR) is 123 cm³/mol. The summed E-state index contributed by atoms with van der Waals surface area (Å²) in [5.74, 6) is 0.606. The van der Waals surface area contributed by atoms with Crippen molar-refractivity contribution in [1.82, 2.24) is 9.88 Å². The van der Waals surface area contributed by atoms with Crippen LogP contribution < -0.4 is 5.32 Å². The largest absolute Gasteiger partial charge is 0.438 e. The average molecular weight is 412 g/mol. The maximum absolute atomic E-state index is 13.0. The molecule has 2 heterocycles. The smallest absolute Gasteiger partial charge is 0.322 e. The molecule has 5 nitrogen and oxygen atoms in total. The molecule has 2 amide bonds. The lowest BCUT2D eigenvalue weighted by molar-refractivity contribution is 0.199. The lowest BCUT2D eigenvalue weighted by Crippen LogP contribution is -2.34. The summed E-state index contributed by atoms with van der Waals surface area (Å²) < 4.78 is 6.09. The average Bonchev–Trinajstić information content (AvgIpc) is 3.42. The first-order valence-corrected chi connectivity index (χ1v) is 10.7. The van der Waals surface area contributed by atoms with Gasteiger partial charge in [-0.05, 0) is 67.1 Å². The van der Waals surface area contributed by atoms with E-state index in [2.05, 4.69) is 36.5 Å². The second kappa shape index (κ2) is 7.91. The highest BCUT2D eigenvalue weighted by atomic mass is 16.4. The first-order chi connectivity index (χ1) is 15.1. The van der Waals surface area contributed by atoms with E-state index >= 15 is 0 Å². The lowest BCUT2D eigenvalue weighted by Gasteiger charge is -2.23. The van der Waals surface area contributed by atoms with Gasteiger partial charge in [0.25, 0.3) is 0 Å². The molecule has 4 aromatic rings. The zero-order chi connectivity index (χ0) is 21.4. The second-order valence-electron chi connectivity index (χ2n) is 8.15. The van der Waals surface area contributed by atoms with Gasteiger partial charge in [-0.2, -0.15) is 0 Å². The predicted octanol–water partition coefficient (Wildman–Crippen LogP) is 6.48. The quantitative estimate of drug-likeness (QED) is 0.420. The summed E-state index contributed by atoms with van der Waals surface area (Å²) in [5, 5.41) is 3.04. The van der Waals surface area contributed by atoms with Gasteiger partial charge >= 0.3 is 6.03 Å². The Kier molecular flexibility index (Phi) is 4.94. The summed E-state index contributed by atoms with van der Waals surface area (Å²) in [6, 6.07) is 22.0. The lowest BCUT2D eigenvalue weighted by atomic mass is 10.0. The Bertz CT molecular complexity index is 1260. The van der Waals surface area contributed by atoms with Gasteiger partial charge in [0.1, 0.15) is 11.6 Å². The molecule has 0 unspecified atom stereocenters. The van der Waals surface area contributed by atoms with Crippen molar-refractivity contribution < 1.29 is 9.21 Å². The van der Waals surface area contributed by atoms with E-state index in [1.54, 1.807) is 0 Å². The van der Waals surface area contributed by atoms with Crippen molar-refractivity contribution in [3.05, 3.63) is 83.7 Å². The number of oxazole rings is 1. The molecular formula is C26H25N3O2. The monoisotopic (exact) mass is 411 g/mol. The number of amides is 2. The number of benzene rings is 3. The molecule has 0 bridgehead atoms. The van der Waals surface area contributed by atoms with Gasteiger partial charge in [-0.25, -0.2) is 9.78 Å². The molecule has 1 N–H and O–H groups in total. The van der Waals surface area contributed by atoms with Crippen LogP contribution >= 0.6 is 0 Å². The van der Waals surface area contributed by atoms with E-state index in [1.807, 2.05) is 54.3 Å². The van der Waals surface area contributed by atoms with Gasteiger partial charge in [-0.15, -0.1) is 0 Å². The first-order valence-electron chi connectivity index (χ1n) is 10.7. The van der Waals surface area contributed by atoms with Gasteiger partial charge in [0.2, 0.25) is 5.89 Å². The Morgan fingerprint density at radius 3 is 2.61 bits per heavy atom. The fourth-order valence-electron chi connectivity index (χ4n) is 4.32. The maximum atomic E-state index is 13.0. The van der Waals surface area contributed by atoms with Crippen molar-refractivity contribution in [3.63, 3.8) is 0 Å². The van der Waals surface area contributed by atoms with Crippen molar-refractivity contribution in [2.75, 3.05) is 11.9 Å². The number of para-hydroxylation sites is 1.